The molecular weight excluding hydrogens is 360 g/mol. The van der Waals surface area contributed by atoms with E-state index in [0.717, 1.165) is 29.3 Å². The Labute approximate surface area is 142 Å². The molecule has 1 N–H and O–H groups in total. The van der Waals surface area contributed by atoms with Crippen molar-refractivity contribution in [2.24, 2.45) is 0 Å². The molecule has 0 atom stereocenters. The number of hydrogen-bond donors (Lipinski definition) is 1. The van der Waals surface area contributed by atoms with Gasteiger partial charge in [-0.25, -0.2) is 0 Å². The molecule has 1 amide bonds. The molecule has 0 spiro atoms. The Kier molecular flexibility index (Phi) is 4.17. The fraction of sp³-hybridized carbons (Fsp3) is 0.235. The van der Waals surface area contributed by atoms with Crippen LogP contribution in [0.25, 0.3) is 0 Å². The Hall–Kier alpha value is -2.21. The largest absolute Gasteiger partial charge is 0.343 e. The summed E-state index contributed by atoms with van der Waals surface area (Å²) < 4.78 is 0.978. The molecular formula is C17H15BrN2O3. The fourth-order valence-electron chi connectivity index (χ4n) is 2.83. The van der Waals surface area contributed by atoms with Gasteiger partial charge in [-0.1, -0.05) is 28.1 Å². The first-order chi connectivity index (χ1) is 11.0. The van der Waals surface area contributed by atoms with Crippen LogP contribution in [0, 0.1) is 10.1 Å². The lowest BCUT2D eigenvalue weighted by atomic mass is 9.71. The number of amides is 1. The van der Waals surface area contributed by atoms with Crippen LogP contribution in [0.5, 0.6) is 0 Å². The van der Waals surface area contributed by atoms with E-state index in [1.165, 1.54) is 24.3 Å². The fourth-order valence-corrected chi connectivity index (χ4v) is 3.23. The van der Waals surface area contributed by atoms with E-state index in [1.807, 2.05) is 24.3 Å². The van der Waals surface area contributed by atoms with Crippen molar-refractivity contribution >= 4 is 27.5 Å². The average molecular weight is 375 g/mol. The van der Waals surface area contributed by atoms with Crippen molar-refractivity contribution in [1.29, 1.82) is 0 Å². The van der Waals surface area contributed by atoms with Crippen molar-refractivity contribution in [3.63, 3.8) is 0 Å². The maximum Gasteiger partial charge on any atom is 0.269 e. The average Bonchev–Trinajstić information content (AvgIpc) is 2.50. The van der Waals surface area contributed by atoms with Crippen molar-refractivity contribution in [2.45, 2.75) is 24.8 Å². The number of halogens is 1. The monoisotopic (exact) mass is 374 g/mol. The van der Waals surface area contributed by atoms with Crippen LogP contribution >= 0.6 is 15.9 Å². The summed E-state index contributed by atoms with van der Waals surface area (Å²) in [5.74, 6) is -0.209. The minimum absolute atomic E-state index is 0.0214. The maximum atomic E-state index is 12.5. The van der Waals surface area contributed by atoms with E-state index >= 15 is 0 Å². The van der Waals surface area contributed by atoms with E-state index in [1.54, 1.807) is 0 Å². The molecule has 0 heterocycles. The molecule has 0 radical (unpaired) electrons. The zero-order chi connectivity index (χ0) is 16.4. The number of rotatable bonds is 4. The lowest BCUT2D eigenvalue weighted by molar-refractivity contribution is -0.384. The van der Waals surface area contributed by atoms with Crippen LogP contribution in [-0.4, -0.2) is 10.8 Å². The zero-order valence-electron chi connectivity index (χ0n) is 12.3. The number of hydrogen-bond acceptors (Lipinski definition) is 3. The Bertz CT molecular complexity index is 755. The highest BCUT2D eigenvalue weighted by atomic mass is 79.9. The molecule has 1 fully saturated rings. The number of carbonyl (C=O) groups excluding carboxylic acids is 1. The predicted octanol–water partition coefficient (Wildman–Crippen LogP) is 4.17. The minimum atomic E-state index is -0.476. The third-order valence-electron chi connectivity index (χ3n) is 4.28. The summed E-state index contributed by atoms with van der Waals surface area (Å²) in [6, 6.07) is 13.6. The van der Waals surface area contributed by atoms with E-state index < -0.39 is 4.92 Å². The highest BCUT2D eigenvalue weighted by molar-refractivity contribution is 9.10. The molecule has 2 aromatic carbocycles. The van der Waals surface area contributed by atoms with Crippen molar-refractivity contribution < 1.29 is 9.72 Å². The second-order valence-electron chi connectivity index (χ2n) is 5.70. The number of nitro benzene ring substituents is 1. The molecule has 1 aliphatic rings. The normalized spacial score (nSPS) is 15.5. The first-order valence-electron chi connectivity index (χ1n) is 7.33. The van der Waals surface area contributed by atoms with Crippen molar-refractivity contribution in [1.82, 2.24) is 5.32 Å². The van der Waals surface area contributed by atoms with E-state index in [0.29, 0.717) is 5.56 Å². The van der Waals surface area contributed by atoms with Gasteiger partial charge in [-0.3, -0.25) is 14.9 Å². The number of benzene rings is 2. The zero-order valence-corrected chi connectivity index (χ0v) is 13.9. The summed E-state index contributed by atoms with van der Waals surface area (Å²) in [5.41, 5.74) is 1.14. The Morgan fingerprint density at radius 3 is 2.39 bits per heavy atom. The van der Waals surface area contributed by atoms with Crippen molar-refractivity contribution in [3.8, 4) is 0 Å². The first kappa shape index (κ1) is 15.7. The van der Waals surface area contributed by atoms with Crippen molar-refractivity contribution in [2.75, 3.05) is 0 Å². The number of nitro groups is 1. The third kappa shape index (κ3) is 3.12. The molecule has 1 saturated carbocycles. The van der Waals surface area contributed by atoms with Gasteiger partial charge in [-0.15, -0.1) is 0 Å². The number of nitrogens with one attached hydrogen (secondary N) is 1. The molecule has 2 aromatic rings. The molecule has 6 heteroatoms. The molecule has 0 aliphatic heterocycles. The molecule has 0 bridgehead atoms. The first-order valence-corrected chi connectivity index (χ1v) is 8.12. The summed E-state index contributed by atoms with van der Waals surface area (Å²) >= 11 is 3.46. The smallest absolute Gasteiger partial charge is 0.269 e. The Morgan fingerprint density at radius 2 is 1.87 bits per heavy atom. The molecule has 1 aliphatic carbocycles. The molecule has 0 unspecified atom stereocenters. The summed E-state index contributed by atoms with van der Waals surface area (Å²) in [6.45, 7) is 0. The van der Waals surface area contributed by atoms with Gasteiger partial charge in [-0.05, 0) is 49.1 Å². The molecule has 0 aromatic heterocycles. The van der Waals surface area contributed by atoms with Crippen LogP contribution < -0.4 is 5.32 Å². The second kappa shape index (κ2) is 6.12. The van der Waals surface area contributed by atoms with Crippen LogP contribution in [-0.2, 0) is 5.54 Å². The van der Waals surface area contributed by atoms with Crippen LogP contribution in [0.15, 0.2) is 53.0 Å². The van der Waals surface area contributed by atoms with Gasteiger partial charge in [0.15, 0.2) is 0 Å². The van der Waals surface area contributed by atoms with E-state index in [4.69, 9.17) is 0 Å². The quantitative estimate of drug-likeness (QED) is 0.644. The van der Waals surface area contributed by atoms with Gasteiger partial charge >= 0.3 is 0 Å². The van der Waals surface area contributed by atoms with Gasteiger partial charge in [0.2, 0.25) is 0 Å². The third-order valence-corrected chi connectivity index (χ3v) is 4.77. The maximum absolute atomic E-state index is 12.5. The lowest BCUT2D eigenvalue weighted by Gasteiger charge is -2.43. The minimum Gasteiger partial charge on any atom is -0.343 e. The van der Waals surface area contributed by atoms with Crippen molar-refractivity contribution in [3.05, 3.63) is 74.2 Å². The molecule has 0 saturated heterocycles. The van der Waals surface area contributed by atoms with Gasteiger partial charge in [0.05, 0.1) is 10.5 Å². The van der Waals surface area contributed by atoms with Gasteiger partial charge in [0.25, 0.3) is 11.6 Å². The molecule has 3 rings (SSSR count). The van der Waals surface area contributed by atoms with Gasteiger partial charge < -0.3 is 5.32 Å². The van der Waals surface area contributed by atoms with Crippen LogP contribution in [0.1, 0.15) is 35.2 Å². The Balaban J connectivity index is 1.81. The molecule has 23 heavy (non-hydrogen) atoms. The molecule has 118 valence electrons. The summed E-state index contributed by atoms with van der Waals surface area (Å²) in [6.07, 6.45) is 2.84. The molecule has 5 nitrogen and oxygen atoms in total. The van der Waals surface area contributed by atoms with Gasteiger partial charge in [0.1, 0.15) is 0 Å². The van der Waals surface area contributed by atoms with Crippen LogP contribution in [0.2, 0.25) is 0 Å². The Morgan fingerprint density at radius 1 is 1.17 bits per heavy atom. The van der Waals surface area contributed by atoms with E-state index in [2.05, 4.69) is 21.2 Å². The summed E-state index contributed by atoms with van der Waals surface area (Å²) in [5, 5.41) is 13.8. The lowest BCUT2D eigenvalue weighted by Crippen LogP contribution is -2.50. The van der Waals surface area contributed by atoms with E-state index in [-0.39, 0.29) is 17.1 Å². The summed E-state index contributed by atoms with van der Waals surface area (Å²) in [4.78, 5) is 22.7. The highest BCUT2D eigenvalue weighted by Crippen LogP contribution is 2.42. The number of carbonyl (C=O) groups is 1. The second-order valence-corrected chi connectivity index (χ2v) is 6.62. The predicted molar refractivity (Wildman–Crippen MR) is 90.2 cm³/mol. The SMILES string of the molecule is O=C(NC1(c2cccc(Br)c2)CCC1)c1ccc([N+](=O)[O-])cc1. The highest BCUT2D eigenvalue weighted by Gasteiger charge is 2.40. The van der Waals surface area contributed by atoms with Crippen LogP contribution in [0.4, 0.5) is 5.69 Å². The number of non-ortho nitro benzene ring substituents is 1. The van der Waals surface area contributed by atoms with Gasteiger partial charge in [-0.2, -0.15) is 0 Å². The van der Waals surface area contributed by atoms with E-state index in [9.17, 15) is 14.9 Å². The summed E-state index contributed by atoms with van der Waals surface area (Å²) in [7, 11) is 0. The number of nitrogens with zero attached hydrogens (tertiary/aromatic N) is 1. The topological polar surface area (TPSA) is 72.2 Å². The standard InChI is InChI=1S/C17H15BrN2O3/c18-14-4-1-3-13(11-14)17(9-2-10-17)19-16(21)12-5-7-15(8-6-12)20(22)23/h1,3-8,11H,2,9-10H2,(H,19,21). The van der Waals surface area contributed by atoms with Gasteiger partial charge in [0, 0.05) is 22.2 Å². The van der Waals surface area contributed by atoms with Crippen LogP contribution in [0.3, 0.4) is 0 Å².